The lowest BCUT2D eigenvalue weighted by molar-refractivity contribution is -0.384. The van der Waals surface area contributed by atoms with Crippen molar-refractivity contribution in [1.29, 1.82) is 0 Å². The molecule has 1 N–H and O–H groups in total. The second kappa shape index (κ2) is 7.03. The number of anilines is 1. The Morgan fingerprint density at radius 1 is 0.914 bits per heavy atom. The van der Waals surface area contributed by atoms with E-state index in [-0.39, 0.29) is 23.0 Å². The minimum absolute atomic E-state index is 0.107. The first-order chi connectivity index (χ1) is 16.3. The van der Waals surface area contributed by atoms with Crippen LogP contribution in [0, 0.1) is 39.5 Å². The molecule has 2 atom stereocenters. The molecular weight excluding hydrogens is 450 g/mol. The first-order valence-electron chi connectivity index (χ1n) is 11.4. The maximum Gasteiger partial charge on any atom is 0.293 e. The summed E-state index contributed by atoms with van der Waals surface area (Å²) >= 11 is 0. The zero-order chi connectivity index (χ0) is 25.5. The summed E-state index contributed by atoms with van der Waals surface area (Å²) in [5, 5.41) is 25.9. The average Bonchev–Trinajstić information content (AvgIpc) is 3.09. The van der Waals surface area contributed by atoms with E-state index in [1.54, 1.807) is 19.1 Å². The number of hydrogen-bond donors (Lipinski definition) is 1. The molecule has 2 aliphatic carbocycles. The summed E-state index contributed by atoms with van der Waals surface area (Å²) < 4.78 is 0. The van der Waals surface area contributed by atoms with Gasteiger partial charge >= 0.3 is 0 Å². The molecule has 0 radical (unpaired) electrons. The highest BCUT2D eigenvalue weighted by atomic mass is 16.6. The molecule has 2 bridgehead atoms. The van der Waals surface area contributed by atoms with Crippen molar-refractivity contribution >= 4 is 34.0 Å². The third kappa shape index (κ3) is 2.79. The number of aryl methyl sites for hydroxylation is 2. The van der Waals surface area contributed by atoms with E-state index in [0.29, 0.717) is 35.3 Å². The number of carbonyl (C=O) groups excluding carboxylic acids is 1. The Morgan fingerprint density at radius 2 is 1.57 bits per heavy atom. The fraction of sp³-hybridized carbons (Fsp3) is 0.400. The lowest BCUT2D eigenvalue weighted by Crippen LogP contribution is -2.48. The van der Waals surface area contributed by atoms with Gasteiger partial charge in [-0.15, -0.1) is 0 Å². The van der Waals surface area contributed by atoms with Gasteiger partial charge in [0.05, 0.1) is 37.7 Å². The molecule has 180 valence electrons. The van der Waals surface area contributed by atoms with E-state index >= 15 is 0 Å². The van der Waals surface area contributed by atoms with Crippen molar-refractivity contribution in [3.8, 4) is 0 Å². The van der Waals surface area contributed by atoms with Gasteiger partial charge in [-0.3, -0.25) is 25.0 Å². The SMILES string of the molecule is Cc1cc(NC(=O)C23CCC(C)(c4nc5ccc([N+](=O)[O-])cc5nc42)C3(C)C)c([N+](=O)[O-])cc1C. The Bertz CT molecular complexity index is 1480. The third-order valence-corrected chi connectivity index (χ3v) is 8.68. The number of nitrogens with zero attached hydrogens (tertiary/aromatic N) is 4. The van der Waals surface area contributed by atoms with Crippen LogP contribution >= 0.6 is 0 Å². The van der Waals surface area contributed by atoms with E-state index in [1.807, 2.05) is 20.8 Å². The van der Waals surface area contributed by atoms with Crippen LogP contribution in [-0.4, -0.2) is 25.7 Å². The van der Waals surface area contributed by atoms with E-state index in [2.05, 4.69) is 12.2 Å². The maximum atomic E-state index is 14.1. The van der Waals surface area contributed by atoms with Gasteiger partial charge in [0.25, 0.3) is 11.4 Å². The smallest absolute Gasteiger partial charge is 0.293 e. The lowest BCUT2D eigenvalue weighted by Gasteiger charge is -2.39. The Balaban J connectivity index is 1.70. The molecule has 0 saturated heterocycles. The zero-order valence-electron chi connectivity index (χ0n) is 20.1. The molecule has 1 amide bonds. The molecule has 2 aromatic carbocycles. The predicted molar refractivity (Wildman–Crippen MR) is 129 cm³/mol. The number of nitro benzene ring substituents is 2. The van der Waals surface area contributed by atoms with Crippen molar-refractivity contribution in [3.05, 3.63) is 73.1 Å². The van der Waals surface area contributed by atoms with Gasteiger partial charge in [-0.25, -0.2) is 9.97 Å². The minimum Gasteiger partial charge on any atom is -0.320 e. The van der Waals surface area contributed by atoms with Crippen molar-refractivity contribution < 1.29 is 14.6 Å². The summed E-state index contributed by atoms with van der Waals surface area (Å²) in [6.07, 6.45) is 1.19. The number of nitrogens with one attached hydrogen (secondary N) is 1. The van der Waals surface area contributed by atoms with Crippen molar-refractivity contribution in [1.82, 2.24) is 9.97 Å². The van der Waals surface area contributed by atoms with Crippen LogP contribution in [0.25, 0.3) is 11.0 Å². The standard InChI is InChI=1S/C25H25N5O5/c1-13-10-18(19(30(34)35)11-14(13)2)28-22(31)25-9-8-24(5,23(25,3)4)20-21(25)27-17-12-15(29(32)33)6-7-16(17)26-20/h6-7,10-12H,8-9H2,1-5H3,(H,28,31). The molecule has 3 aromatic rings. The largest absolute Gasteiger partial charge is 0.320 e. The van der Waals surface area contributed by atoms with Gasteiger partial charge < -0.3 is 5.32 Å². The molecule has 1 saturated carbocycles. The number of aromatic nitrogens is 2. The van der Waals surface area contributed by atoms with Crippen molar-refractivity contribution in [3.63, 3.8) is 0 Å². The van der Waals surface area contributed by atoms with E-state index in [1.165, 1.54) is 18.2 Å². The topological polar surface area (TPSA) is 141 Å². The number of nitro groups is 2. The van der Waals surface area contributed by atoms with Gasteiger partial charge in [-0.1, -0.05) is 20.8 Å². The second-order valence-electron chi connectivity index (χ2n) is 10.4. The van der Waals surface area contributed by atoms with Crippen LogP contribution in [0.1, 0.15) is 56.1 Å². The summed E-state index contributed by atoms with van der Waals surface area (Å²) in [4.78, 5) is 45.8. The monoisotopic (exact) mass is 475 g/mol. The molecule has 10 nitrogen and oxygen atoms in total. The van der Waals surface area contributed by atoms with Crippen LogP contribution in [0.2, 0.25) is 0 Å². The summed E-state index contributed by atoms with van der Waals surface area (Å²) in [6.45, 7) is 9.69. The van der Waals surface area contributed by atoms with Gasteiger partial charge in [0.1, 0.15) is 5.69 Å². The second-order valence-corrected chi connectivity index (χ2v) is 10.4. The van der Waals surface area contributed by atoms with Crippen LogP contribution in [0.15, 0.2) is 30.3 Å². The Hall–Kier alpha value is -3.95. The molecule has 0 aliphatic heterocycles. The van der Waals surface area contributed by atoms with Crippen LogP contribution in [-0.2, 0) is 15.6 Å². The zero-order valence-corrected chi connectivity index (χ0v) is 20.1. The van der Waals surface area contributed by atoms with Gasteiger partial charge in [0.2, 0.25) is 5.91 Å². The van der Waals surface area contributed by atoms with Crippen LogP contribution in [0.5, 0.6) is 0 Å². The lowest BCUT2D eigenvalue weighted by atomic mass is 9.63. The fourth-order valence-corrected chi connectivity index (χ4v) is 5.99. The fourth-order valence-electron chi connectivity index (χ4n) is 5.99. The molecule has 1 fully saturated rings. The molecule has 35 heavy (non-hydrogen) atoms. The van der Waals surface area contributed by atoms with Crippen LogP contribution in [0.4, 0.5) is 17.1 Å². The molecule has 1 heterocycles. The van der Waals surface area contributed by atoms with Gasteiger partial charge in [-0.05, 0) is 55.4 Å². The molecule has 1 aromatic heterocycles. The highest BCUT2D eigenvalue weighted by molar-refractivity contribution is 6.03. The Labute approximate surface area is 201 Å². The minimum atomic E-state index is -1.10. The normalized spacial score (nSPS) is 23.8. The Kier molecular flexibility index (Phi) is 4.59. The molecule has 2 unspecified atom stereocenters. The molecule has 2 aliphatic rings. The number of hydrogen-bond acceptors (Lipinski definition) is 7. The summed E-state index contributed by atoms with van der Waals surface area (Å²) in [5.74, 6) is -0.379. The number of fused-ring (bicyclic) bond motifs is 6. The summed E-state index contributed by atoms with van der Waals surface area (Å²) in [5.41, 5.74) is 1.34. The first-order valence-corrected chi connectivity index (χ1v) is 11.4. The third-order valence-electron chi connectivity index (χ3n) is 8.68. The van der Waals surface area contributed by atoms with Gasteiger partial charge in [-0.2, -0.15) is 0 Å². The predicted octanol–water partition coefficient (Wildman–Crippen LogP) is 5.03. The van der Waals surface area contributed by atoms with Crippen LogP contribution < -0.4 is 5.32 Å². The van der Waals surface area contributed by atoms with Gasteiger partial charge in [0, 0.05) is 23.6 Å². The highest BCUT2D eigenvalue weighted by Crippen LogP contribution is 2.70. The molecule has 0 spiro atoms. The molecular formula is C25H25N5O5. The van der Waals surface area contributed by atoms with Crippen molar-refractivity contribution in [2.45, 2.75) is 58.3 Å². The number of benzene rings is 2. The number of carbonyl (C=O) groups is 1. The average molecular weight is 476 g/mol. The van der Waals surface area contributed by atoms with E-state index < -0.39 is 26.1 Å². The number of non-ortho nitro benzene ring substituents is 1. The quantitative estimate of drug-likeness (QED) is 0.412. The molecule has 5 rings (SSSR count). The van der Waals surface area contributed by atoms with Crippen LogP contribution in [0.3, 0.4) is 0 Å². The molecule has 10 heteroatoms. The van der Waals surface area contributed by atoms with E-state index in [4.69, 9.17) is 9.97 Å². The summed E-state index contributed by atoms with van der Waals surface area (Å²) in [6, 6.07) is 7.42. The van der Waals surface area contributed by atoms with Gasteiger partial charge in [0.15, 0.2) is 0 Å². The highest BCUT2D eigenvalue weighted by Gasteiger charge is 2.73. The Morgan fingerprint density at radius 3 is 2.23 bits per heavy atom. The summed E-state index contributed by atoms with van der Waals surface area (Å²) in [7, 11) is 0. The first kappa shape index (κ1) is 22.8. The van der Waals surface area contributed by atoms with E-state index in [9.17, 15) is 25.0 Å². The van der Waals surface area contributed by atoms with Crippen molar-refractivity contribution in [2.75, 3.05) is 5.32 Å². The number of rotatable bonds is 4. The number of amides is 1. The van der Waals surface area contributed by atoms with Crippen molar-refractivity contribution in [2.24, 2.45) is 5.41 Å². The van der Waals surface area contributed by atoms with E-state index in [0.717, 1.165) is 11.1 Å². The maximum absolute atomic E-state index is 14.1.